The zero-order chi connectivity index (χ0) is 18.1. The highest BCUT2D eigenvalue weighted by atomic mass is 16.4. The number of aromatic amines is 1. The Bertz CT molecular complexity index is 1250. The molecule has 0 aliphatic heterocycles. The van der Waals surface area contributed by atoms with Crippen molar-refractivity contribution < 1.29 is 15.0 Å². The highest BCUT2D eigenvalue weighted by molar-refractivity contribution is 5.77. The van der Waals surface area contributed by atoms with Crippen LogP contribution in [0.1, 0.15) is 0 Å². The third-order valence-corrected chi connectivity index (χ3v) is 3.64. The summed E-state index contributed by atoms with van der Waals surface area (Å²) in [6.07, 6.45) is 1.39. The normalized spacial score (nSPS) is 10.2. The molecule has 0 unspecified atom stereocenters. The van der Waals surface area contributed by atoms with E-state index in [-0.39, 0.29) is 22.5 Å². The molecular formula is C16H16N4O6. The van der Waals surface area contributed by atoms with Crippen molar-refractivity contribution in [1.82, 2.24) is 19.1 Å². The lowest BCUT2D eigenvalue weighted by molar-refractivity contribution is 0.473. The molecule has 0 radical (unpaired) electrons. The van der Waals surface area contributed by atoms with Gasteiger partial charge >= 0.3 is 11.3 Å². The minimum Gasteiger partial charge on any atom is -0.508 e. The van der Waals surface area contributed by atoms with Crippen LogP contribution in [0.25, 0.3) is 22.1 Å². The summed E-state index contributed by atoms with van der Waals surface area (Å²) in [5.41, 5.74) is 0.00787. The molecule has 3 aromatic heterocycles. The van der Waals surface area contributed by atoms with Gasteiger partial charge in [-0.25, -0.2) is 14.6 Å². The number of aromatic hydroxyl groups is 1. The number of aromatic nitrogens is 4. The van der Waals surface area contributed by atoms with E-state index in [9.17, 15) is 14.4 Å². The molecule has 0 fully saturated rings. The van der Waals surface area contributed by atoms with Crippen LogP contribution >= 0.6 is 0 Å². The number of H-pyrrole nitrogens is 1. The van der Waals surface area contributed by atoms with E-state index in [0.29, 0.717) is 16.7 Å². The Morgan fingerprint density at radius 1 is 1.08 bits per heavy atom. The molecule has 0 saturated carbocycles. The van der Waals surface area contributed by atoms with Gasteiger partial charge in [0.1, 0.15) is 16.8 Å². The van der Waals surface area contributed by atoms with Crippen LogP contribution in [0.3, 0.4) is 0 Å². The van der Waals surface area contributed by atoms with Crippen molar-refractivity contribution in [3.8, 4) is 5.75 Å². The van der Waals surface area contributed by atoms with Gasteiger partial charge in [-0.05, 0) is 18.2 Å². The molecule has 0 aliphatic carbocycles. The molecule has 4 N–H and O–H groups in total. The van der Waals surface area contributed by atoms with E-state index in [1.807, 2.05) is 0 Å². The number of rotatable bonds is 0. The highest BCUT2D eigenvalue weighted by Gasteiger charge is 2.08. The summed E-state index contributed by atoms with van der Waals surface area (Å²) in [4.78, 5) is 40.1. The first-order valence-electron chi connectivity index (χ1n) is 7.20. The van der Waals surface area contributed by atoms with Crippen molar-refractivity contribution in [3.05, 3.63) is 67.9 Å². The van der Waals surface area contributed by atoms with E-state index in [1.54, 1.807) is 25.2 Å². The molecule has 26 heavy (non-hydrogen) atoms. The van der Waals surface area contributed by atoms with Gasteiger partial charge in [-0.2, -0.15) is 0 Å². The number of imidazole rings is 1. The maximum atomic E-state index is 11.4. The Hall–Kier alpha value is -3.66. The average Bonchev–Trinajstić information content (AvgIpc) is 3.08. The van der Waals surface area contributed by atoms with Crippen LogP contribution < -0.4 is 16.9 Å². The van der Waals surface area contributed by atoms with Gasteiger partial charge < -0.3 is 20.0 Å². The maximum Gasteiger partial charge on any atom is 0.336 e. The van der Waals surface area contributed by atoms with Gasteiger partial charge in [0.15, 0.2) is 5.65 Å². The predicted octanol–water partition coefficient (Wildman–Crippen LogP) is -0.366. The van der Waals surface area contributed by atoms with Crippen molar-refractivity contribution in [3.63, 3.8) is 0 Å². The first-order chi connectivity index (χ1) is 11.9. The van der Waals surface area contributed by atoms with Gasteiger partial charge in [-0.15, -0.1) is 0 Å². The topological polar surface area (TPSA) is 155 Å². The monoisotopic (exact) mass is 360 g/mol. The van der Waals surface area contributed by atoms with E-state index in [2.05, 4.69) is 9.97 Å². The summed E-state index contributed by atoms with van der Waals surface area (Å²) < 4.78 is 7.20. The fourth-order valence-corrected chi connectivity index (χ4v) is 2.32. The Kier molecular flexibility index (Phi) is 5.08. The molecule has 4 rings (SSSR count). The number of hydrogen-bond donors (Lipinski definition) is 2. The van der Waals surface area contributed by atoms with Crippen molar-refractivity contribution in [2.24, 2.45) is 14.1 Å². The fourth-order valence-electron chi connectivity index (χ4n) is 2.32. The Morgan fingerprint density at radius 2 is 1.77 bits per heavy atom. The third kappa shape index (κ3) is 3.26. The van der Waals surface area contributed by atoms with Crippen LogP contribution in [-0.2, 0) is 14.1 Å². The number of benzene rings is 1. The molecule has 0 atom stereocenters. The van der Waals surface area contributed by atoms with Gasteiger partial charge in [0.2, 0.25) is 0 Å². The second kappa shape index (κ2) is 7.07. The van der Waals surface area contributed by atoms with Crippen LogP contribution in [0.4, 0.5) is 0 Å². The van der Waals surface area contributed by atoms with E-state index in [0.717, 1.165) is 9.95 Å². The fraction of sp³-hybridized carbons (Fsp3) is 0.125. The molecule has 0 saturated heterocycles. The second-order valence-electron chi connectivity index (χ2n) is 5.28. The molecule has 0 spiro atoms. The lowest BCUT2D eigenvalue weighted by Crippen LogP contribution is -2.36. The van der Waals surface area contributed by atoms with Gasteiger partial charge in [0, 0.05) is 31.6 Å². The number of phenols is 1. The lowest BCUT2D eigenvalue weighted by atomic mass is 10.2. The Labute approximate surface area is 144 Å². The molecule has 10 heteroatoms. The van der Waals surface area contributed by atoms with Gasteiger partial charge in [-0.3, -0.25) is 13.9 Å². The van der Waals surface area contributed by atoms with Crippen molar-refractivity contribution in [2.45, 2.75) is 0 Å². The molecule has 10 nitrogen and oxygen atoms in total. The third-order valence-electron chi connectivity index (χ3n) is 3.64. The number of fused-ring (bicyclic) bond motifs is 2. The summed E-state index contributed by atoms with van der Waals surface area (Å²) in [6.45, 7) is 0. The van der Waals surface area contributed by atoms with E-state index >= 15 is 0 Å². The van der Waals surface area contributed by atoms with Crippen LogP contribution in [0.5, 0.6) is 5.75 Å². The molecular weight excluding hydrogens is 344 g/mol. The van der Waals surface area contributed by atoms with E-state index in [1.165, 1.54) is 30.1 Å². The van der Waals surface area contributed by atoms with Crippen LogP contribution in [0.2, 0.25) is 0 Å². The van der Waals surface area contributed by atoms with Crippen LogP contribution in [0.15, 0.2) is 55.5 Å². The van der Waals surface area contributed by atoms with Crippen molar-refractivity contribution >= 4 is 22.1 Å². The quantitative estimate of drug-likeness (QED) is 0.408. The van der Waals surface area contributed by atoms with E-state index < -0.39 is 5.63 Å². The minimum absolute atomic E-state index is 0. The van der Waals surface area contributed by atoms with Crippen molar-refractivity contribution in [1.29, 1.82) is 0 Å². The minimum atomic E-state index is -0.409. The van der Waals surface area contributed by atoms with Crippen LogP contribution in [0, 0.1) is 0 Å². The predicted molar refractivity (Wildman–Crippen MR) is 94.3 cm³/mol. The standard InChI is InChI=1S/C9H6O3.C7H8N4O2.H2O/c10-7-3-1-6-2-4-9(11)12-8(6)5-7;1-10-5-4(8-3-9-5)6(12)11(2)7(10)13;/h1-5,10H;3H,1-2H3,(H,8,9);1H2. The summed E-state index contributed by atoms with van der Waals surface area (Å²) >= 11 is 0. The first-order valence-corrected chi connectivity index (χ1v) is 7.20. The van der Waals surface area contributed by atoms with Gasteiger partial charge in [0.25, 0.3) is 5.56 Å². The number of aryl methyl sites for hydroxylation is 1. The average molecular weight is 360 g/mol. The summed E-state index contributed by atoms with van der Waals surface area (Å²) in [7, 11) is 3.01. The van der Waals surface area contributed by atoms with Crippen LogP contribution in [-0.4, -0.2) is 29.7 Å². The lowest BCUT2D eigenvalue weighted by Gasteiger charge is -2.00. The molecule has 0 amide bonds. The number of phenolic OH excluding ortho intramolecular Hbond substituents is 1. The summed E-state index contributed by atoms with van der Waals surface area (Å²) in [5, 5.41) is 9.86. The smallest absolute Gasteiger partial charge is 0.336 e. The van der Waals surface area contributed by atoms with Crippen molar-refractivity contribution in [2.75, 3.05) is 0 Å². The van der Waals surface area contributed by atoms with Gasteiger partial charge in [-0.1, -0.05) is 0 Å². The molecule has 4 aromatic rings. The maximum absolute atomic E-state index is 11.4. The largest absolute Gasteiger partial charge is 0.508 e. The first kappa shape index (κ1) is 18.7. The summed E-state index contributed by atoms with van der Waals surface area (Å²) in [6, 6.07) is 7.65. The SMILES string of the molecule is Cn1c(=O)c2[nH]cnc2n(C)c1=O.O.O=c1ccc2ccc(O)cc2o1. The Balaban J connectivity index is 0.000000180. The number of nitrogens with zero attached hydrogens (tertiary/aromatic N) is 3. The molecule has 1 aromatic carbocycles. The Morgan fingerprint density at radius 3 is 2.50 bits per heavy atom. The molecule has 136 valence electrons. The zero-order valence-electron chi connectivity index (χ0n) is 13.9. The molecule has 0 bridgehead atoms. The molecule has 3 heterocycles. The van der Waals surface area contributed by atoms with E-state index in [4.69, 9.17) is 9.52 Å². The number of nitrogens with one attached hydrogen (secondary N) is 1. The highest BCUT2D eigenvalue weighted by Crippen LogP contribution is 2.17. The molecule has 0 aliphatic rings. The van der Waals surface area contributed by atoms with Gasteiger partial charge in [0.05, 0.1) is 6.33 Å². The number of hydrogen-bond acceptors (Lipinski definition) is 6. The second-order valence-corrected chi connectivity index (χ2v) is 5.28. The zero-order valence-corrected chi connectivity index (χ0v) is 13.9. The summed E-state index contributed by atoms with van der Waals surface area (Å²) in [5.74, 6) is 0.0943.